The second-order valence-electron chi connectivity index (χ2n) is 7.77. The van der Waals surface area contributed by atoms with E-state index in [-0.39, 0.29) is 12.6 Å². The van der Waals surface area contributed by atoms with Crippen LogP contribution in [0.15, 0.2) is 59.6 Å². The minimum absolute atomic E-state index is 0.261. The van der Waals surface area contributed by atoms with Crippen molar-refractivity contribution < 1.29 is 19.0 Å². The minimum atomic E-state index is -0.331. The van der Waals surface area contributed by atoms with Gasteiger partial charge in [-0.1, -0.05) is 42.5 Å². The Kier molecular flexibility index (Phi) is 10.0. The van der Waals surface area contributed by atoms with E-state index >= 15 is 0 Å². The second-order valence-corrected chi connectivity index (χ2v) is 7.77. The van der Waals surface area contributed by atoms with Crippen molar-refractivity contribution in [3.05, 3.63) is 71.3 Å². The van der Waals surface area contributed by atoms with E-state index in [2.05, 4.69) is 15.6 Å². The van der Waals surface area contributed by atoms with E-state index in [1.165, 1.54) is 0 Å². The Balaban J connectivity index is 1.35. The van der Waals surface area contributed by atoms with Crippen LogP contribution in [-0.4, -0.2) is 51.9 Å². The molecular formula is C25H33N3O4. The molecule has 172 valence electrons. The number of rotatable bonds is 11. The lowest BCUT2D eigenvalue weighted by molar-refractivity contribution is 0.0472. The average molecular weight is 440 g/mol. The van der Waals surface area contributed by atoms with Gasteiger partial charge < -0.3 is 24.8 Å². The number of ether oxygens (including phenoxy) is 3. The van der Waals surface area contributed by atoms with Crippen molar-refractivity contribution in [3.63, 3.8) is 0 Å². The van der Waals surface area contributed by atoms with Crippen LogP contribution in [0.3, 0.4) is 0 Å². The smallest absolute Gasteiger partial charge is 0.338 e. The van der Waals surface area contributed by atoms with Crippen LogP contribution in [0.1, 0.15) is 34.3 Å². The molecule has 1 aliphatic rings. The van der Waals surface area contributed by atoms with Crippen molar-refractivity contribution >= 4 is 11.9 Å². The summed E-state index contributed by atoms with van der Waals surface area (Å²) in [5, 5.41) is 6.56. The van der Waals surface area contributed by atoms with Crippen LogP contribution < -0.4 is 10.6 Å². The van der Waals surface area contributed by atoms with E-state index in [1.807, 2.05) is 48.5 Å². The highest BCUT2D eigenvalue weighted by Crippen LogP contribution is 2.12. The highest BCUT2D eigenvalue weighted by Gasteiger charge is 2.15. The molecule has 0 saturated carbocycles. The van der Waals surface area contributed by atoms with E-state index < -0.39 is 0 Å². The molecule has 2 aromatic rings. The summed E-state index contributed by atoms with van der Waals surface area (Å²) < 4.78 is 16.5. The molecule has 0 bridgehead atoms. The standard InChI is InChI=1S/C25H33N3O4/c1-26-25(27-12-6-13-30-17-22-11-14-31-18-22)28-16-21-9-5-10-23(15-21)24(29)32-19-20-7-3-2-4-8-20/h2-5,7-10,15,22H,6,11-14,16-19H2,1H3,(H2,26,27,28). The SMILES string of the molecule is CN=C(NCCCOCC1CCOC1)NCc1cccc(C(=O)OCc2ccccc2)c1. The predicted octanol–water partition coefficient (Wildman–Crippen LogP) is 3.15. The van der Waals surface area contributed by atoms with Crippen molar-refractivity contribution in [1.29, 1.82) is 0 Å². The summed E-state index contributed by atoms with van der Waals surface area (Å²) in [7, 11) is 1.74. The molecular weight excluding hydrogens is 406 g/mol. The monoisotopic (exact) mass is 439 g/mol. The molecule has 2 aromatic carbocycles. The number of nitrogens with one attached hydrogen (secondary N) is 2. The average Bonchev–Trinajstić information content (AvgIpc) is 3.36. The number of benzene rings is 2. The first-order valence-corrected chi connectivity index (χ1v) is 11.1. The largest absolute Gasteiger partial charge is 0.457 e. The number of hydrogen-bond donors (Lipinski definition) is 2. The van der Waals surface area contributed by atoms with Crippen molar-refractivity contribution in [2.45, 2.75) is 26.0 Å². The molecule has 0 spiro atoms. The molecule has 2 N–H and O–H groups in total. The number of carbonyl (C=O) groups is 1. The van der Waals surface area contributed by atoms with Gasteiger partial charge in [-0.25, -0.2) is 4.79 Å². The fourth-order valence-electron chi connectivity index (χ4n) is 3.37. The summed E-state index contributed by atoms with van der Waals surface area (Å²) in [5.74, 6) is 0.928. The lowest BCUT2D eigenvalue weighted by Crippen LogP contribution is -2.37. The molecule has 3 rings (SSSR count). The van der Waals surface area contributed by atoms with E-state index in [1.54, 1.807) is 13.1 Å². The third-order valence-electron chi connectivity index (χ3n) is 5.19. The molecule has 0 amide bonds. The molecule has 1 atom stereocenters. The van der Waals surface area contributed by atoms with Gasteiger partial charge in [-0.15, -0.1) is 0 Å². The number of aliphatic imine (C=N–C) groups is 1. The van der Waals surface area contributed by atoms with Gasteiger partial charge >= 0.3 is 5.97 Å². The van der Waals surface area contributed by atoms with Crippen molar-refractivity contribution in [1.82, 2.24) is 10.6 Å². The van der Waals surface area contributed by atoms with Crippen LogP contribution in [0.5, 0.6) is 0 Å². The number of carbonyl (C=O) groups excluding carboxylic acids is 1. The fourth-order valence-corrected chi connectivity index (χ4v) is 3.37. The summed E-state index contributed by atoms with van der Waals surface area (Å²) in [6.07, 6.45) is 2.00. The number of nitrogens with zero attached hydrogens (tertiary/aromatic N) is 1. The summed E-state index contributed by atoms with van der Waals surface area (Å²) in [6, 6.07) is 17.1. The fraction of sp³-hybridized carbons (Fsp3) is 0.440. The van der Waals surface area contributed by atoms with Gasteiger partial charge in [0.1, 0.15) is 6.61 Å². The Morgan fingerprint density at radius 3 is 2.75 bits per heavy atom. The second kappa shape index (κ2) is 13.5. The van der Waals surface area contributed by atoms with Crippen LogP contribution in [0.2, 0.25) is 0 Å². The molecule has 1 fully saturated rings. The molecule has 7 heteroatoms. The zero-order chi connectivity index (χ0) is 22.4. The predicted molar refractivity (Wildman–Crippen MR) is 125 cm³/mol. The van der Waals surface area contributed by atoms with Gasteiger partial charge in [-0.3, -0.25) is 4.99 Å². The molecule has 1 unspecified atom stereocenters. The maximum Gasteiger partial charge on any atom is 0.338 e. The summed E-state index contributed by atoms with van der Waals surface area (Å²) >= 11 is 0. The van der Waals surface area contributed by atoms with E-state index in [9.17, 15) is 4.79 Å². The zero-order valence-electron chi connectivity index (χ0n) is 18.7. The van der Waals surface area contributed by atoms with Gasteiger partial charge in [0.15, 0.2) is 5.96 Å². The molecule has 7 nitrogen and oxygen atoms in total. The first kappa shape index (κ1) is 23.8. The van der Waals surface area contributed by atoms with Gasteiger partial charge in [0, 0.05) is 39.3 Å². The van der Waals surface area contributed by atoms with E-state index in [0.29, 0.717) is 30.6 Å². The third-order valence-corrected chi connectivity index (χ3v) is 5.19. The molecule has 0 aliphatic carbocycles. The maximum absolute atomic E-state index is 12.4. The lowest BCUT2D eigenvalue weighted by Gasteiger charge is -2.13. The molecule has 32 heavy (non-hydrogen) atoms. The summed E-state index contributed by atoms with van der Waals surface area (Å²) in [5.41, 5.74) is 2.48. The summed E-state index contributed by atoms with van der Waals surface area (Å²) in [6.45, 7) is 4.75. The number of guanidine groups is 1. The number of hydrogen-bond acceptors (Lipinski definition) is 5. The zero-order valence-corrected chi connectivity index (χ0v) is 18.7. The van der Waals surface area contributed by atoms with Crippen LogP contribution in [0.25, 0.3) is 0 Å². The quantitative estimate of drug-likeness (QED) is 0.242. The lowest BCUT2D eigenvalue weighted by atomic mass is 10.1. The van der Waals surface area contributed by atoms with Gasteiger partial charge in [0.25, 0.3) is 0 Å². The van der Waals surface area contributed by atoms with Crippen molar-refractivity contribution in [2.24, 2.45) is 10.9 Å². The Morgan fingerprint density at radius 2 is 1.97 bits per heavy atom. The van der Waals surface area contributed by atoms with Crippen LogP contribution in [0.4, 0.5) is 0 Å². The maximum atomic E-state index is 12.4. The first-order valence-electron chi connectivity index (χ1n) is 11.1. The highest BCUT2D eigenvalue weighted by molar-refractivity contribution is 5.89. The normalized spacial score (nSPS) is 16.0. The highest BCUT2D eigenvalue weighted by atomic mass is 16.5. The molecule has 1 aliphatic heterocycles. The van der Waals surface area contributed by atoms with Gasteiger partial charge in [-0.05, 0) is 36.1 Å². The molecule has 1 heterocycles. The van der Waals surface area contributed by atoms with E-state index in [0.717, 1.165) is 50.3 Å². The Bertz CT molecular complexity index is 851. The van der Waals surface area contributed by atoms with Gasteiger partial charge in [0.05, 0.1) is 18.8 Å². The van der Waals surface area contributed by atoms with Gasteiger partial charge in [0.2, 0.25) is 0 Å². The molecule has 1 saturated heterocycles. The van der Waals surface area contributed by atoms with E-state index in [4.69, 9.17) is 14.2 Å². The van der Waals surface area contributed by atoms with Crippen molar-refractivity contribution in [3.8, 4) is 0 Å². The van der Waals surface area contributed by atoms with Crippen LogP contribution in [-0.2, 0) is 27.4 Å². The van der Waals surface area contributed by atoms with Crippen LogP contribution >= 0.6 is 0 Å². The topological polar surface area (TPSA) is 81.2 Å². The third kappa shape index (κ3) is 8.32. The first-order chi connectivity index (χ1) is 15.7. The molecule has 0 radical (unpaired) electrons. The Hall–Kier alpha value is -2.90. The summed E-state index contributed by atoms with van der Waals surface area (Å²) in [4.78, 5) is 16.6. The van der Waals surface area contributed by atoms with Crippen molar-refractivity contribution in [2.75, 3.05) is 40.0 Å². The number of esters is 1. The Labute approximate surface area is 190 Å². The van der Waals surface area contributed by atoms with Crippen LogP contribution in [0, 0.1) is 5.92 Å². The minimum Gasteiger partial charge on any atom is -0.457 e. The van der Waals surface area contributed by atoms with Gasteiger partial charge in [-0.2, -0.15) is 0 Å². The Morgan fingerprint density at radius 1 is 1.12 bits per heavy atom. The molecule has 0 aromatic heterocycles.